The Labute approximate surface area is 155 Å². The number of benzene rings is 1. The number of thiocarbonyl (C=S) groups is 1. The van der Waals surface area contributed by atoms with Crippen LogP contribution in [0.15, 0.2) is 48.8 Å². The van der Waals surface area contributed by atoms with Crippen molar-refractivity contribution in [3.63, 3.8) is 0 Å². The molecule has 0 spiro atoms. The number of anilines is 1. The van der Waals surface area contributed by atoms with Gasteiger partial charge < -0.3 is 19.7 Å². The van der Waals surface area contributed by atoms with Crippen LogP contribution < -0.4 is 10.1 Å². The zero-order valence-corrected chi connectivity index (χ0v) is 15.8. The van der Waals surface area contributed by atoms with Crippen LogP contribution in [0.5, 0.6) is 5.75 Å². The molecule has 0 saturated heterocycles. The van der Waals surface area contributed by atoms with E-state index in [1.807, 2.05) is 36.4 Å². The monoisotopic (exact) mass is 359 g/mol. The first-order valence-electron chi connectivity index (χ1n) is 8.26. The number of ether oxygens (including phenoxy) is 2. The molecule has 1 aromatic carbocycles. The van der Waals surface area contributed by atoms with Crippen LogP contribution >= 0.6 is 12.2 Å². The molecule has 0 amide bonds. The van der Waals surface area contributed by atoms with Gasteiger partial charge in [0, 0.05) is 38.3 Å². The molecule has 2 aromatic rings. The molecule has 1 atom stereocenters. The molecule has 0 saturated carbocycles. The normalized spacial score (nSPS) is 11.6. The number of hydrogen-bond acceptors (Lipinski definition) is 4. The first-order chi connectivity index (χ1) is 12.2. The summed E-state index contributed by atoms with van der Waals surface area (Å²) in [6.07, 6.45) is 4.51. The van der Waals surface area contributed by atoms with Gasteiger partial charge in [0.15, 0.2) is 5.11 Å². The highest BCUT2D eigenvalue weighted by molar-refractivity contribution is 7.80. The van der Waals surface area contributed by atoms with E-state index in [9.17, 15) is 0 Å². The SMILES string of the molecule is COCCCN(C(=S)Nc1ccc(OC)cc1)[C@@H](C)c1ccncc1. The van der Waals surface area contributed by atoms with Gasteiger partial charge in [-0.05, 0) is 67.5 Å². The topological polar surface area (TPSA) is 46.6 Å². The minimum atomic E-state index is 0.137. The lowest BCUT2D eigenvalue weighted by atomic mass is 10.1. The molecule has 1 N–H and O–H groups in total. The summed E-state index contributed by atoms with van der Waals surface area (Å²) in [6.45, 7) is 3.65. The quantitative estimate of drug-likeness (QED) is 0.570. The molecule has 1 heterocycles. The molecule has 2 rings (SSSR count). The summed E-state index contributed by atoms with van der Waals surface area (Å²) >= 11 is 5.67. The fourth-order valence-electron chi connectivity index (χ4n) is 2.54. The lowest BCUT2D eigenvalue weighted by Gasteiger charge is -2.32. The van der Waals surface area contributed by atoms with E-state index in [-0.39, 0.29) is 6.04 Å². The van der Waals surface area contributed by atoms with Gasteiger partial charge in [0.2, 0.25) is 0 Å². The fourth-order valence-corrected chi connectivity index (χ4v) is 2.91. The first-order valence-corrected chi connectivity index (χ1v) is 8.67. The molecule has 134 valence electrons. The Balaban J connectivity index is 2.10. The maximum atomic E-state index is 5.67. The molecule has 0 aliphatic heterocycles. The van der Waals surface area contributed by atoms with E-state index in [0.717, 1.165) is 24.4 Å². The highest BCUT2D eigenvalue weighted by Gasteiger charge is 2.18. The van der Waals surface area contributed by atoms with Crippen LogP contribution in [0.2, 0.25) is 0 Å². The smallest absolute Gasteiger partial charge is 0.173 e. The average Bonchev–Trinajstić information content (AvgIpc) is 2.66. The molecule has 6 heteroatoms. The number of nitrogens with zero attached hydrogens (tertiary/aromatic N) is 2. The fraction of sp³-hybridized carbons (Fsp3) is 0.368. The summed E-state index contributed by atoms with van der Waals surface area (Å²) in [5, 5.41) is 4.00. The summed E-state index contributed by atoms with van der Waals surface area (Å²) in [6, 6.07) is 11.9. The largest absolute Gasteiger partial charge is 0.497 e. The van der Waals surface area contributed by atoms with Gasteiger partial charge in [-0.3, -0.25) is 4.98 Å². The van der Waals surface area contributed by atoms with Gasteiger partial charge in [0.1, 0.15) is 5.75 Å². The summed E-state index contributed by atoms with van der Waals surface area (Å²) < 4.78 is 10.4. The van der Waals surface area contributed by atoms with Crippen molar-refractivity contribution in [2.24, 2.45) is 0 Å². The number of hydrogen-bond donors (Lipinski definition) is 1. The summed E-state index contributed by atoms with van der Waals surface area (Å²) in [7, 11) is 3.37. The third kappa shape index (κ3) is 5.69. The average molecular weight is 359 g/mol. The van der Waals surface area contributed by atoms with Crippen LogP contribution in [-0.2, 0) is 4.74 Å². The Morgan fingerprint density at radius 3 is 2.44 bits per heavy atom. The van der Waals surface area contributed by atoms with Gasteiger partial charge in [-0.15, -0.1) is 0 Å². The van der Waals surface area contributed by atoms with Gasteiger partial charge in [0.25, 0.3) is 0 Å². The van der Waals surface area contributed by atoms with Crippen LogP contribution in [0.3, 0.4) is 0 Å². The van der Waals surface area contributed by atoms with Crippen LogP contribution in [0.1, 0.15) is 24.9 Å². The molecule has 0 aliphatic carbocycles. The van der Waals surface area contributed by atoms with Gasteiger partial charge >= 0.3 is 0 Å². The van der Waals surface area contributed by atoms with Crippen LogP contribution in [0.4, 0.5) is 5.69 Å². The predicted octanol–water partition coefficient (Wildman–Crippen LogP) is 3.89. The molecule has 1 aromatic heterocycles. The molecule has 5 nitrogen and oxygen atoms in total. The summed E-state index contributed by atoms with van der Waals surface area (Å²) in [4.78, 5) is 6.27. The van der Waals surface area contributed by atoms with Crippen molar-refractivity contribution < 1.29 is 9.47 Å². The van der Waals surface area contributed by atoms with Crippen molar-refractivity contribution in [3.8, 4) is 5.75 Å². The number of methoxy groups -OCH3 is 2. The maximum Gasteiger partial charge on any atom is 0.173 e. The van der Waals surface area contributed by atoms with E-state index in [1.165, 1.54) is 5.56 Å². The van der Waals surface area contributed by atoms with E-state index < -0.39 is 0 Å². The van der Waals surface area contributed by atoms with Crippen molar-refractivity contribution in [2.75, 3.05) is 32.7 Å². The lowest BCUT2D eigenvalue weighted by molar-refractivity contribution is 0.181. The molecular formula is C19H25N3O2S. The Hall–Kier alpha value is -2.18. The Morgan fingerprint density at radius 2 is 1.84 bits per heavy atom. The molecule has 0 aliphatic rings. The van der Waals surface area contributed by atoms with Crippen LogP contribution in [0.25, 0.3) is 0 Å². The van der Waals surface area contributed by atoms with Crippen molar-refractivity contribution in [3.05, 3.63) is 54.4 Å². The zero-order chi connectivity index (χ0) is 18.1. The van der Waals surface area contributed by atoms with Crippen molar-refractivity contribution in [1.29, 1.82) is 0 Å². The lowest BCUT2D eigenvalue weighted by Crippen LogP contribution is -2.38. The van der Waals surface area contributed by atoms with E-state index in [0.29, 0.717) is 11.7 Å². The minimum absolute atomic E-state index is 0.137. The molecule has 0 fully saturated rings. The second-order valence-electron chi connectivity index (χ2n) is 5.65. The van der Waals surface area contributed by atoms with Crippen molar-refractivity contribution in [1.82, 2.24) is 9.88 Å². The van der Waals surface area contributed by atoms with E-state index in [2.05, 4.69) is 22.1 Å². The third-order valence-electron chi connectivity index (χ3n) is 4.01. The third-order valence-corrected chi connectivity index (χ3v) is 4.34. The van der Waals surface area contributed by atoms with Crippen molar-refractivity contribution in [2.45, 2.75) is 19.4 Å². The van der Waals surface area contributed by atoms with Gasteiger partial charge in [0.05, 0.1) is 13.2 Å². The van der Waals surface area contributed by atoms with Crippen LogP contribution in [0, 0.1) is 0 Å². The predicted molar refractivity (Wildman–Crippen MR) is 105 cm³/mol. The van der Waals surface area contributed by atoms with Gasteiger partial charge in [-0.1, -0.05) is 0 Å². The summed E-state index contributed by atoms with van der Waals surface area (Å²) in [5.41, 5.74) is 2.11. The molecule has 0 radical (unpaired) electrons. The molecule has 0 unspecified atom stereocenters. The van der Waals surface area contributed by atoms with Gasteiger partial charge in [-0.2, -0.15) is 0 Å². The molecular weight excluding hydrogens is 334 g/mol. The highest BCUT2D eigenvalue weighted by Crippen LogP contribution is 2.22. The molecule has 0 bridgehead atoms. The second-order valence-corrected chi connectivity index (χ2v) is 6.04. The first kappa shape index (κ1) is 19.1. The highest BCUT2D eigenvalue weighted by atomic mass is 32.1. The minimum Gasteiger partial charge on any atom is -0.497 e. The number of rotatable bonds is 8. The number of nitrogens with one attached hydrogen (secondary N) is 1. The number of pyridine rings is 1. The van der Waals surface area contributed by atoms with Crippen molar-refractivity contribution >= 4 is 23.0 Å². The van der Waals surface area contributed by atoms with Gasteiger partial charge in [-0.25, -0.2) is 0 Å². The Morgan fingerprint density at radius 1 is 1.16 bits per heavy atom. The standard InChI is InChI=1S/C19H25N3O2S/c1-15(16-9-11-20-12-10-16)22(13-4-14-23-2)19(25)21-17-5-7-18(24-3)8-6-17/h5-12,15H,4,13-14H2,1-3H3,(H,21,25)/t15-/m0/s1. The van der Waals surface area contributed by atoms with E-state index >= 15 is 0 Å². The maximum absolute atomic E-state index is 5.67. The summed E-state index contributed by atoms with van der Waals surface area (Å²) in [5.74, 6) is 0.818. The second kappa shape index (κ2) is 9.96. The van der Waals surface area contributed by atoms with E-state index in [1.54, 1.807) is 26.6 Å². The Bertz CT molecular complexity index is 649. The zero-order valence-electron chi connectivity index (χ0n) is 14.9. The number of aromatic nitrogens is 1. The Kier molecular flexibility index (Phi) is 7.63. The van der Waals surface area contributed by atoms with E-state index in [4.69, 9.17) is 21.7 Å². The van der Waals surface area contributed by atoms with Crippen LogP contribution in [-0.4, -0.2) is 42.4 Å². The molecule has 25 heavy (non-hydrogen) atoms.